The standard InChI is InChI=1S/C17H20/c1-4-8-16-12-17(11-13(2)14(16)3)15-9-6-5-7-10-15/h5-7,9-12H,4,8H2,1-3H3. The Hall–Kier alpha value is -1.56. The summed E-state index contributed by atoms with van der Waals surface area (Å²) in [6.45, 7) is 6.68. The monoisotopic (exact) mass is 224 g/mol. The molecule has 0 saturated heterocycles. The van der Waals surface area contributed by atoms with Crippen LogP contribution in [0.4, 0.5) is 0 Å². The van der Waals surface area contributed by atoms with E-state index in [0.29, 0.717) is 0 Å². The van der Waals surface area contributed by atoms with Gasteiger partial charge in [0.15, 0.2) is 0 Å². The van der Waals surface area contributed by atoms with Crippen LogP contribution in [0.15, 0.2) is 42.5 Å². The molecule has 0 aliphatic heterocycles. The molecular weight excluding hydrogens is 204 g/mol. The van der Waals surface area contributed by atoms with Gasteiger partial charge in [-0.05, 0) is 48.1 Å². The zero-order valence-electron chi connectivity index (χ0n) is 11.0. The molecule has 0 fully saturated rings. The van der Waals surface area contributed by atoms with Crippen molar-refractivity contribution in [3.8, 4) is 11.1 Å². The van der Waals surface area contributed by atoms with E-state index in [4.69, 9.17) is 0 Å². The molecule has 0 amide bonds. The van der Waals surface area contributed by atoms with Crippen molar-refractivity contribution in [3.63, 3.8) is 0 Å². The fraction of sp³-hybridized carbons (Fsp3) is 0.294. The van der Waals surface area contributed by atoms with Gasteiger partial charge in [0, 0.05) is 0 Å². The Balaban J connectivity index is 2.49. The zero-order valence-corrected chi connectivity index (χ0v) is 11.0. The Bertz CT molecular complexity index is 495. The summed E-state index contributed by atoms with van der Waals surface area (Å²) >= 11 is 0. The largest absolute Gasteiger partial charge is 0.0651 e. The van der Waals surface area contributed by atoms with Gasteiger partial charge in [-0.2, -0.15) is 0 Å². The van der Waals surface area contributed by atoms with E-state index in [2.05, 4.69) is 63.2 Å². The van der Waals surface area contributed by atoms with Gasteiger partial charge in [-0.3, -0.25) is 0 Å². The molecule has 0 unspecified atom stereocenters. The highest BCUT2D eigenvalue weighted by atomic mass is 14.1. The third-order valence-electron chi connectivity index (χ3n) is 3.40. The Labute approximate surface area is 104 Å². The first-order chi connectivity index (χ1) is 8.22. The van der Waals surface area contributed by atoms with Crippen LogP contribution in [0.5, 0.6) is 0 Å². The van der Waals surface area contributed by atoms with Crippen molar-refractivity contribution in [3.05, 3.63) is 59.2 Å². The van der Waals surface area contributed by atoms with Crippen molar-refractivity contribution in [2.24, 2.45) is 0 Å². The van der Waals surface area contributed by atoms with E-state index in [1.54, 1.807) is 0 Å². The van der Waals surface area contributed by atoms with Crippen molar-refractivity contribution in [2.75, 3.05) is 0 Å². The lowest BCUT2D eigenvalue weighted by atomic mass is 9.94. The van der Waals surface area contributed by atoms with Crippen LogP contribution in [0.3, 0.4) is 0 Å². The molecule has 0 aliphatic rings. The fourth-order valence-corrected chi connectivity index (χ4v) is 2.26. The topological polar surface area (TPSA) is 0 Å². The summed E-state index contributed by atoms with van der Waals surface area (Å²) in [7, 11) is 0. The molecule has 0 N–H and O–H groups in total. The van der Waals surface area contributed by atoms with E-state index < -0.39 is 0 Å². The Kier molecular flexibility index (Phi) is 3.63. The smallest absolute Gasteiger partial charge is 0.0178 e. The first-order valence-corrected chi connectivity index (χ1v) is 6.38. The maximum absolute atomic E-state index is 2.35. The van der Waals surface area contributed by atoms with Gasteiger partial charge in [-0.15, -0.1) is 0 Å². The number of hydrogen-bond acceptors (Lipinski definition) is 0. The lowest BCUT2D eigenvalue weighted by Crippen LogP contribution is -1.93. The molecule has 0 nitrogen and oxygen atoms in total. The molecule has 0 atom stereocenters. The molecule has 0 heterocycles. The molecule has 0 spiro atoms. The van der Waals surface area contributed by atoms with Gasteiger partial charge in [0.1, 0.15) is 0 Å². The van der Waals surface area contributed by atoms with Gasteiger partial charge in [0.05, 0.1) is 0 Å². The second-order valence-electron chi connectivity index (χ2n) is 4.69. The molecule has 0 aromatic heterocycles. The van der Waals surface area contributed by atoms with E-state index in [-0.39, 0.29) is 0 Å². The third kappa shape index (κ3) is 2.58. The maximum Gasteiger partial charge on any atom is -0.0178 e. The van der Waals surface area contributed by atoms with Crippen molar-refractivity contribution < 1.29 is 0 Å². The SMILES string of the molecule is CCCc1cc(-c2ccccc2)cc(C)c1C. The van der Waals surface area contributed by atoms with Crippen LogP contribution in [0.1, 0.15) is 30.0 Å². The Morgan fingerprint density at radius 3 is 2.24 bits per heavy atom. The van der Waals surface area contributed by atoms with Gasteiger partial charge in [0.25, 0.3) is 0 Å². The van der Waals surface area contributed by atoms with Crippen LogP contribution in [-0.2, 0) is 6.42 Å². The van der Waals surface area contributed by atoms with E-state index in [1.165, 1.54) is 40.7 Å². The van der Waals surface area contributed by atoms with Gasteiger partial charge in [0.2, 0.25) is 0 Å². The van der Waals surface area contributed by atoms with Crippen LogP contribution in [-0.4, -0.2) is 0 Å². The molecule has 88 valence electrons. The van der Waals surface area contributed by atoms with E-state index in [1.807, 2.05) is 0 Å². The van der Waals surface area contributed by atoms with Crippen LogP contribution in [0.25, 0.3) is 11.1 Å². The zero-order chi connectivity index (χ0) is 12.3. The van der Waals surface area contributed by atoms with Crippen molar-refractivity contribution in [1.29, 1.82) is 0 Å². The summed E-state index contributed by atoms with van der Waals surface area (Å²) in [6.07, 6.45) is 2.38. The average molecular weight is 224 g/mol. The van der Waals surface area contributed by atoms with E-state index in [9.17, 15) is 0 Å². The van der Waals surface area contributed by atoms with E-state index in [0.717, 1.165) is 0 Å². The first kappa shape index (κ1) is 11.9. The summed E-state index contributed by atoms with van der Waals surface area (Å²) < 4.78 is 0. The molecule has 0 radical (unpaired) electrons. The normalized spacial score (nSPS) is 10.5. The third-order valence-corrected chi connectivity index (χ3v) is 3.40. The number of aryl methyl sites for hydroxylation is 2. The highest BCUT2D eigenvalue weighted by Crippen LogP contribution is 2.25. The highest BCUT2D eigenvalue weighted by molar-refractivity contribution is 5.66. The van der Waals surface area contributed by atoms with Crippen LogP contribution < -0.4 is 0 Å². The summed E-state index contributed by atoms with van der Waals surface area (Å²) in [6, 6.07) is 15.3. The van der Waals surface area contributed by atoms with Crippen molar-refractivity contribution in [1.82, 2.24) is 0 Å². The van der Waals surface area contributed by atoms with E-state index >= 15 is 0 Å². The van der Waals surface area contributed by atoms with Crippen LogP contribution in [0, 0.1) is 13.8 Å². The second kappa shape index (κ2) is 5.18. The minimum atomic E-state index is 1.17. The summed E-state index contributed by atoms with van der Waals surface area (Å²) in [5.74, 6) is 0. The number of benzene rings is 2. The lowest BCUT2D eigenvalue weighted by molar-refractivity contribution is 0.910. The molecule has 0 heteroatoms. The molecule has 0 aliphatic carbocycles. The molecule has 0 saturated carbocycles. The van der Waals surface area contributed by atoms with Crippen molar-refractivity contribution in [2.45, 2.75) is 33.6 Å². The molecule has 0 bridgehead atoms. The second-order valence-corrected chi connectivity index (χ2v) is 4.69. The van der Waals surface area contributed by atoms with Gasteiger partial charge in [-0.25, -0.2) is 0 Å². The molecule has 2 rings (SSSR count). The van der Waals surface area contributed by atoms with Crippen molar-refractivity contribution >= 4 is 0 Å². The molecule has 2 aromatic carbocycles. The quantitative estimate of drug-likeness (QED) is 0.694. The van der Waals surface area contributed by atoms with Crippen LogP contribution in [0.2, 0.25) is 0 Å². The number of rotatable bonds is 3. The predicted octanol–water partition coefficient (Wildman–Crippen LogP) is 4.92. The molecule has 2 aromatic rings. The van der Waals surface area contributed by atoms with Gasteiger partial charge < -0.3 is 0 Å². The van der Waals surface area contributed by atoms with Gasteiger partial charge in [-0.1, -0.05) is 55.8 Å². The minimum absolute atomic E-state index is 1.17. The summed E-state index contributed by atoms with van der Waals surface area (Å²) in [5.41, 5.74) is 7.00. The molecular formula is C17H20. The summed E-state index contributed by atoms with van der Waals surface area (Å²) in [5, 5.41) is 0. The molecule has 17 heavy (non-hydrogen) atoms. The minimum Gasteiger partial charge on any atom is -0.0651 e. The predicted molar refractivity (Wildman–Crippen MR) is 75.3 cm³/mol. The highest BCUT2D eigenvalue weighted by Gasteiger charge is 2.05. The number of hydrogen-bond donors (Lipinski definition) is 0. The fourth-order valence-electron chi connectivity index (χ4n) is 2.26. The maximum atomic E-state index is 2.35. The van der Waals surface area contributed by atoms with Gasteiger partial charge >= 0.3 is 0 Å². The Morgan fingerprint density at radius 1 is 0.882 bits per heavy atom. The summed E-state index contributed by atoms with van der Waals surface area (Å²) in [4.78, 5) is 0. The van der Waals surface area contributed by atoms with Crippen LogP contribution >= 0.6 is 0 Å². The first-order valence-electron chi connectivity index (χ1n) is 6.38. The average Bonchev–Trinajstić information content (AvgIpc) is 2.36. The Morgan fingerprint density at radius 2 is 1.59 bits per heavy atom. The lowest BCUT2D eigenvalue weighted by Gasteiger charge is -2.12.